The molecule has 1 N–H and O–H groups in total. The van der Waals surface area contributed by atoms with Gasteiger partial charge in [0.25, 0.3) is 0 Å². The molecule has 1 radical (unpaired) electrons. The summed E-state index contributed by atoms with van der Waals surface area (Å²) in [4.78, 5) is 0. The van der Waals surface area contributed by atoms with Crippen LogP contribution in [0.1, 0.15) is 0 Å². The van der Waals surface area contributed by atoms with Gasteiger partial charge in [0, 0.05) is 12.2 Å². The van der Waals surface area contributed by atoms with Gasteiger partial charge in [0.05, 0.1) is 5.57 Å². The highest BCUT2D eigenvalue weighted by molar-refractivity contribution is 8.03. The maximum atomic E-state index is 9.29. The van der Waals surface area contributed by atoms with Crippen molar-refractivity contribution in [1.82, 2.24) is 0 Å². The van der Waals surface area contributed by atoms with E-state index in [9.17, 15) is 5.11 Å². The van der Waals surface area contributed by atoms with Crippen molar-refractivity contribution in [2.24, 2.45) is 0 Å². The van der Waals surface area contributed by atoms with Crippen LogP contribution < -0.4 is 0 Å². The van der Waals surface area contributed by atoms with Crippen molar-refractivity contribution in [2.75, 3.05) is 0 Å². The molecule has 0 saturated carbocycles. The van der Waals surface area contributed by atoms with Crippen molar-refractivity contribution in [3.8, 4) is 0 Å². The van der Waals surface area contributed by atoms with Crippen LogP contribution in [-0.2, 0) is 4.74 Å². The number of thioether (sulfide) groups is 1. The average molecular weight is 188 g/mol. The lowest BCUT2D eigenvalue weighted by Crippen LogP contribution is -2.11. The third-order valence-electron chi connectivity index (χ3n) is 1.39. The number of fused-ring (bicyclic) bond motifs is 1. The molecule has 1 unspecified atom stereocenters. The Morgan fingerprint density at radius 2 is 2.55 bits per heavy atom. The predicted molar refractivity (Wildman–Crippen MR) is 43.9 cm³/mol. The number of rotatable bonds is 0. The van der Waals surface area contributed by atoms with E-state index in [1.807, 2.05) is 0 Å². The van der Waals surface area contributed by atoms with Gasteiger partial charge >= 0.3 is 0 Å². The Morgan fingerprint density at radius 1 is 1.73 bits per heavy atom. The number of ether oxygens (including phenoxy) is 1. The lowest BCUT2D eigenvalue weighted by Gasteiger charge is -2.17. The molecule has 2 aliphatic heterocycles. The van der Waals surface area contributed by atoms with E-state index < -0.39 is 0 Å². The number of hydrogen-bond donors (Lipinski definition) is 1. The van der Waals surface area contributed by atoms with E-state index in [4.69, 9.17) is 16.3 Å². The highest BCUT2D eigenvalue weighted by atomic mass is 35.5. The van der Waals surface area contributed by atoms with Crippen molar-refractivity contribution in [1.29, 1.82) is 0 Å². The zero-order valence-corrected chi connectivity index (χ0v) is 6.95. The first kappa shape index (κ1) is 7.13. The van der Waals surface area contributed by atoms with Gasteiger partial charge in [0.15, 0.2) is 10.7 Å². The van der Waals surface area contributed by atoms with E-state index in [0.717, 1.165) is 0 Å². The molecule has 57 valence electrons. The van der Waals surface area contributed by atoms with Gasteiger partial charge in [-0.3, -0.25) is 0 Å². The fourth-order valence-corrected chi connectivity index (χ4v) is 1.95. The number of halogens is 1. The molecule has 2 rings (SSSR count). The Kier molecular flexibility index (Phi) is 1.62. The SMILES string of the molecule is OC1=C2[C]=CSC2OC(Cl)=C1. The molecular weight excluding hydrogens is 184 g/mol. The van der Waals surface area contributed by atoms with Crippen LogP contribution in [0.5, 0.6) is 0 Å². The molecule has 0 fully saturated rings. The molecule has 0 spiro atoms. The summed E-state index contributed by atoms with van der Waals surface area (Å²) in [5.74, 6) is 0.146. The van der Waals surface area contributed by atoms with Crippen LogP contribution in [0.4, 0.5) is 0 Å². The minimum atomic E-state index is -0.201. The summed E-state index contributed by atoms with van der Waals surface area (Å²) in [6, 6.07) is 0. The molecule has 2 heterocycles. The molecule has 0 saturated heterocycles. The Morgan fingerprint density at radius 3 is 3.36 bits per heavy atom. The summed E-state index contributed by atoms with van der Waals surface area (Å²) in [6.07, 6.45) is 4.24. The van der Waals surface area contributed by atoms with Crippen LogP contribution in [-0.4, -0.2) is 10.5 Å². The second kappa shape index (κ2) is 2.50. The third-order valence-corrected chi connectivity index (χ3v) is 2.42. The van der Waals surface area contributed by atoms with Crippen molar-refractivity contribution in [3.63, 3.8) is 0 Å². The van der Waals surface area contributed by atoms with E-state index in [1.165, 1.54) is 17.8 Å². The summed E-state index contributed by atoms with van der Waals surface area (Å²) < 4.78 is 5.16. The predicted octanol–water partition coefficient (Wildman–Crippen LogP) is 2.30. The molecule has 4 heteroatoms. The quantitative estimate of drug-likeness (QED) is 0.631. The van der Waals surface area contributed by atoms with Crippen LogP contribution in [0.3, 0.4) is 0 Å². The first-order valence-corrected chi connectivity index (χ1v) is 4.30. The Balaban J connectivity index is 2.41. The second-order valence-electron chi connectivity index (χ2n) is 2.10. The van der Waals surface area contributed by atoms with Crippen LogP contribution in [0.2, 0.25) is 0 Å². The van der Waals surface area contributed by atoms with Crippen LogP contribution in [0.15, 0.2) is 28.0 Å². The molecule has 0 amide bonds. The maximum Gasteiger partial charge on any atom is 0.192 e. The molecule has 1 atom stereocenters. The van der Waals surface area contributed by atoms with Gasteiger partial charge in [-0.2, -0.15) is 0 Å². The van der Waals surface area contributed by atoms with Crippen LogP contribution in [0, 0.1) is 6.08 Å². The molecule has 2 nitrogen and oxygen atoms in total. The first-order chi connectivity index (χ1) is 5.27. The van der Waals surface area contributed by atoms with E-state index >= 15 is 0 Å². The number of allylic oxidation sites excluding steroid dienone is 1. The summed E-state index contributed by atoms with van der Waals surface area (Å²) in [6.45, 7) is 0. The second-order valence-corrected chi connectivity index (χ2v) is 3.40. The van der Waals surface area contributed by atoms with Crippen molar-refractivity contribution in [2.45, 2.75) is 5.44 Å². The monoisotopic (exact) mass is 187 g/mol. The average Bonchev–Trinajstić information content (AvgIpc) is 2.34. The minimum absolute atomic E-state index is 0.146. The fourth-order valence-electron chi connectivity index (χ4n) is 0.898. The minimum Gasteiger partial charge on any atom is -0.507 e. The lowest BCUT2D eigenvalue weighted by atomic mass is 10.2. The lowest BCUT2D eigenvalue weighted by molar-refractivity contribution is 0.224. The maximum absolute atomic E-state index is 9.29. The molecule has 0 aromatic carbocycles. The number of aliphatic hydroxyl groups excluding tert-OH is 1. The normalized spacial score (nSPS) is 28.1. The van der Waals surface area contributed by atoms with Gasteiger partial charge in [-0.05, 0) is 17.0 Å². The summed E-state index contributed by atoms with van der Waals surface area (Å²) in [7, 11) is 0. The fraction of sp³-hybridized carbons (Fsp3) is 0.143. The van der Waals surface area contributed by atoms with Gasteiger partial charge in [-0.15, -0.1) is 0 Å². The number of hydrogen-bond acceptors (Lipinski definition) is 3. The van der Waals surface area contributed by atoms with Crippen molar-refractivity contribution in [3.05, 3.63) is 34.1 Å². The van der Waals surface area contributed by atoms with E-state index in [2.05, 4.69) is 6.08 Å². The summed E-state index contributed by atoms with van der Waals surface area (Å²) in [5.41, 5.74) is 0.465. The highest BCUT2D eigenvalue weighted by Gasteiger charge is 2.26. The highest BCUT2D eigenvalue weighted by Crippen LogP contribution is 2.36. The Bertz CT molecular complexity index is 280. The van der Waals surface area contributed by atoms with Gasteiger partial charge in [-0.1, -0.05) is 11.8 Å². The van der Waals surface area contributed by atoms with Crippen molar-refractivity contribution >= 4 is 23.4 Å². The van der Waals surface area contributed by atoms with E-state index in [0.29, 0.717) is 5.57 Å². The molecule has 0 aliphatic carbocycles. The molecule has 11 heavy (non-hydrogen) atoms. The zero-order chi connectivity index (χ0) is 7.84. The smallest absolute Gasteiger partial charge is 0.192 e. The third kappa shape index (κ3) is 1.14. The topological polar surface area (TPSA) is 29.5 Å². The molecular formula is C7H4ClO2S. The summed E-state index contributed by atoms with van der Waals surface area (Å²) >= 11 is 7.00. The first-order valence-electron chi connectivity index (χ1n) is 2.98. The standard InChI is InChI=1S/C7H4ClO2S/c8-6-3-5(9)4-1-2-11-7(4)10-6/h2-3,7,9H. The number of aliphatic hydroxyl groups is 1. The van der Waals surface area contributed by atoms with Gasteiger partial charge < -0.3 is 9.84 Å². The zero-order valence-electron chi connectivity index (χ0n) is 5.37. The van der Waals surface area contributed by atoms with Crippen molar-refractivity contribution < 1.29 is 9.84 Å². The summed E-state index contributed by atoms with van der Waals surface area (Å²) in [5, 5.41) is 11.3. The van der Waals surface area contributed by atoms with Gasteiger partial charge in [-0.25, -0.2) is 0 Å². The molecule has 0 bridgehead atoms. The Labute approximate surface area is 73.2 Å². The van der Waals surface area contributed by atoms with Crippen LogP contribution in [0.25, 0.3) is 0 Å². The largest absolute Gasteiger partial charge is 0.507 e. The Hall–Kier alpha value is -0.540. The molecule has 0 aromatic rings. The van der Waals surface area contributed by atoms with Gasteiger partial charge in [0.2, 0.25) is 0 Å². The molecule has 2 aliphatic rings. The van der Waals surface area contributed by atoms with Crippen LogP contribution >= 0.6 is 23.4 Å². The van der Waals surface area contributed by atoms with E-state index in [-0.39, 0.29) is 16.4 Å². The van der Waals surface area contributed by atoms with Gasteiger partial charge in [0.1, 0.15) is 5.76 Å². The van der Waals surface area contributed by atoms with E-state index in [1.54, 1.807) is 5.41 Å². The molecule has 0 aromatic heterocycles.